The zero-order valence-electron chi connectivity index (χ0n) is 14.5. The Morgan fingerprint density at radius 1 is 1.08 bits per heavy atom. The summed E-state index contributed by atoms with van der Waals surface area (Å²) in [5.41, 5.74) is 2.17. The molecule has 2 aromatic heterocycles. The van der Waals surface area contributed by atoms with Gasteiger partial charge in [-0.15, -0.1) is 0 Å². The fourth-order valence-corrected chi connectivity index (χ4v) is 2.44. The van der Waals surface area contributed by atoms with E-state index in [2.05, 4.69) is 15.0 Å². The van der Waals surface area contributed by atoms with Crippen molar-refractivity contribution in [1.82, 2.24) is 15.0 Å². The molecule has 0 atom stereocenters. The second kappa shape index (κ2) is 7.69. The topological polar surface area (TPSA) is 91.0 Å². The lowest BCUT2D eigenvalue weighted by Gasteiger charge is -2.09. The highest BCUT2D eigenvalue weighted by atomic mass is 16.6. The summed E-state index contributed by atoms with van der Waals surface area (Å²) in [6, 6.07) is 12.1. The number of nitro benzene ring substituents is 1. The third kappa shape index (κ3) is 3.83. The van der Waals surface area contributed by atoms with E-state index in [1.165, 1.54) is 6.07 Å². The maximum Gasteiger partial charge on any atom is 0.311 e. The number of nitrogens with zero attached hydrogens (tertiary/aromatic N) is 4. The number of rotatable bonds is 6. The molecule has 3 rings (SSSR count). The van der Waals surface area contributed by atoms with Crippen LogP contribution in [-0.2, 0) is 12.8 Å². The zero-order valence-corrected chi connectivity index (χ0v) is 14.5. The maximum absolute atomic E-state index is 11.4. The number of hydrogen-bond acceptors (Lipinski definition) is 6. The summed E-state index contributed by atoms with van der Waals surface area (Å²) in [6.07, 6.45) is 3.04. The standard InChI is InChI=1S/C19H18N4O3/c1-3-13-8-9-17(16(11-13)23(24)25)26-18-12-14(4-2)21-19(22-18)15-7-5-6-10-20-15/h5-12H,3-4H2,1-2H3. The minimum atomic E-state index is -0.448. The molecule has 0 spiro atoms. The van der Waals surface area contributed by atoms with Gasteiger partial charge >= 0.3 is 5.69 Å². The minimum Gasteiger partial charge on any atom is -0.432 e. The molecule has 0 bridgehead atoms. The van der Waals surface area contributed by atoms with Crippen molar-refractivity contribution in [2.45, 2.75) is 26.7 Å². The molecule has 0 unspecified atom stereocenters. The predicted octanol–water partition coefficient (Wildman–Crippen LogP) is 4.36. The lowest BCUT2D eigenvalue weighted by Crippen LogP contribution is -2.00. The Labute approximate surface area is 150 Å². The molecule has 0 aliphatic carbocycles. The molecule has 3 aromatic rings. The van der Waals surface area contributed by atoms with E-state index in [1.54, 1.807) is 24.4 Å². The molecule has 2 heterocycles. The van der Waals surface area contributed by atoms with Gasteiger partial charge in [0.25, 0.3) is 0 Å². The molecular weight excluding hydrogens is 332 g/mol. The molecule has 7 nitrogen and oxygen atoms in total. The van der Waals surface area contributed by atoms with E-state index in [-0.39, 0.29) is 17.3 Å². The number of aryl methyl sites for hydroxylation is 2. The summed E-state index contributed by atoms with van der Waals surface area (Å²) in [5, 5.41) is 11.4. The number of aromatic nitrogens is 3. The summed E-state index contributed by atoms with van der Waals surface area (Å²) in [5.74, 6) is 0.831. The summed E-state index contributed by atoms with van der Waals surface area (Å²) >= 11 is 0. The smallest absolute Gasteiger partial charge is 0.311 e. The van der Waals surface area contributed by atoms with E-state index in [9.17, 15) is 10.1 Å². The number of pyridine rings is 1. The molecule has 0 radical (unpaired) electrons. The number of nitro groups is 1. The van der Waals surface area contributed by atoms with Gasteiger partial charge in [-0.25, -0.2) is 4.98 Å². The van der Waals surface area contributed by atoms with Crippen LogP contribution in [0.15, 0.2) is 48.7 Å². The SMILES string of the molecule is CCc1ccc(Oc2cc(CC)nc(-c3ccccn3)n2)c([N+](=O)[O-])c1. The molecule has 0 aliphatic rings. The van der Waals surface area contributed by atoms with Crippen molar-refractivity contribution < 1.29 is 9.66 Å². The first-order valence-electron chi connectivity index (χ1n) is 8.35. The van der Waals surface area contributed by atoms with E-state index in [1.807, 2.05) is 32.0 Å². The first-order valence-corrected chi connectivity index (χ1v) is 8.35. The first-order chi connectivity index (χ1) is 12.6. The molecule has 7 heteroatoms. The number of hydrogen-bond donors (Lipinski definition) is 0. The van der Waals surface area contributed by atoms with Crippen molar-refractivity contribution in [2.75, 3.05) is 0 Å². The van der Waals surface area contributed by atoms with Crippen LogP contribution < -0.4 is 4.74 Å². The Morgan fingerprint density at radius 3 is 2.58 bits per heavy atom. The van der Waals surface area contributed by atoms with Gasteiger partial charge in [-0.1, -0.05) is 26.0 Å². The molecule has 0 saturated heterocycles. The lowest BCUT2D eigenvalue weighted by molar-refractivity contribution is -0.385. The van der Waals surface area contributed by atoms with Crippen LogP contribution in [0.2, 0.25) is 0 Å². The Hall–Kier alpha value is -3.35. The van der Waals surface area contributed by atoms with Crippen LogP contribution in [0.1, 0.15) is 25.1 Å². The Kier molecular flexibility index (Phi) is 5.17. The molecular formula is C19H18N4O3. The Bertz CT molecular complexity index is 929. The van der Waals surface area contributed by atoms with Crippen LogP contribution in [-0.4, -0.2) is 19.9 Å². The largest absolute Gasteiger partial charge is 0.432 e. The van der Waals surface area contributed by atoms with Crippen LogP contribution in [0.25, 0.3) is 11.5 Å². The fraction of sp³-hybridized carbons (Fsp3) is 0.211. The number of benzene rings is 1. The van der Waals surface area contributed by atoms with Crippen LogP contribution >= 0.6 is 0 Å². The maximum atomic E-state index is 11.4. The highest BCUT2D eigenvalue weighted by Crippen LogP contribution is 2.32. The Morgan fingerprint density at radius 2 is 1.92 bits per heavy atom. The molecule has 0 amide bonds. The fourth-order valence-electron chi connectivity index (χ4n) is 2.44. The van der Waals surface area contributed by atoms with Crippen molar-refractivity contribution in [1.29, 1.82) is 0 Å². The highest BCUT2D eigenvalue weighted by Gasteiger charge is 2.18. The molecule has 132 valence electrons. The second-order valence-corrected chi connectivity index (χ2v) is 5.60. The van der Waals surface area contributed by atoms with Crippen LogP contribution in [0.5, 0.6) is 11.6 Å². The normalized spacial score (nSPS) is 10.5. The van der Waals surface area contributed by atoms with E-state index in [0.717, 1.165) is 11.3 Å². The average Bonchev–Trinajstić information content (AvgIpc) is 2.68. The van der Waals surface area contributed by atoms with Gasteiger partial charge in [0.1, 0.15) is 5.69 Å². The summed E-state index contributed by atoms with van der Waals surface area (Å²) in [7, 11) is 0. The van der Waals surface area contributed by atoms with E-state index in [4.69, 9.17) is 4.74 Å². The van der Waals surface area contributed by atoms with E-state index in [0.29, 0.717) is 24.4 Å². The monoisotopic (exact) mass is 350 g/mol. The van der Waals surface area contributed by atoms with Gasteiger partial charge in [0.15, 0.2) is 5.82 Å². The van der Waals surface area contributed by atoms with Crippen molar-refractivity contribution >= 4 is 5.69 Å². The highest BCUT2D eigenvalue weighted by molar-refractivity contribution is 5.52. The van der Waals surface area contributed by atoms with Crippen LogP contribution in [0, 0.1) is 10.1 Å². The third-order valence-corrected chi connectivity index (χ3v) is 3.85. The van der Waals surface area contributed by atoms with Gasteiger partial charge in [-0.3, -0.25) is 15.1 Å². The summed E-state index contributed by atoms with van der Waals surface area (Å²) in [6.45, 7) is 3.91. The first kappa shape index (κ1) is 17.5. The quantitative estimate of drug-likeness (QED) is 0.484. The lowest BCUT2D eigenvalue weighted by atomic mass is 10.1. The third-order valence-electron chi connectivity index (χ3n) is 3.85. The molecule has 0 saturated carbocycles. The predicted molar refractivity (Wildman–Crippen MR) is 97.2 cm³/mol. The summed E-state index contributed by atoms with van der Waals surface area (Å²) < 4.78 is 5.75. The van der Waals surface area contributed by atoms with Crippen molar-refractivity contribution in [3.05, 3.63) is 70.0 Å². The van der Waals surface area contributed by atoms with Gasteiger partial charge in [0, 0.05) is 24.0 Å². The molecule has 1 aromatic carbocycles. The molecule has 0 fully saturated rings. The molecule has 26 heavy (non-hydrogen) atoms. The average molecular weight is 350 g/mol. The van der Waals surface area contributed by atoms with Crippen LogP contribution in [0.4, 0.5) is 5.69 Å². The molecule has 0 N–H and O–H groups in total. The van der Waals surface area contributed by atoms with Gasteiger partial charge in [0.2, 0.25) is 11.6 Å². The van der Waals surface area contributed by atoms with Crippen molar-refractivity contribution in [2.24, 2.45) is 0 Å². The van der Waals surface area contributed by atoms with Gasteiger partial charge in [0.05, 0.1) is 4.92 Å². The number of ether oxygens (including phenoxy) is 1. The van der Waals surface area contributed by atoms with Gasteiger partial charge in [-0.2, -0.15) is 4.98 Å². The Balaban J connectivity index is 2.01. The van der Waals surface area contributed by atoms with Crippen molar-refractivity contribution in [3.63, 3.8) is 0 Å². The van der Waals surface area contributed by atoms with E-state index < -0.39 is 4.92 Å². The van der Waals surface area contributed by atoms with Gasteiger partial charge in [-0.05, 0) is 36.6 Å². The summed E-state index contributed by atoms with van der Waals surface area (Å²) in [4.78, 5) is 24.0. The zero-order chi connectivity index (χ0) is 18.5. The van der Waals surface area contributed by atoms with Crippen molar-refractivity contribution in [3.8, 4) is 23.1 Å². The second-order valence-electron chi connectivity index (χ2n) is 5.60. The van der Waals surface area contributed by atoms with E-state index >= 15 is 0 Å². The minimum absolute atomic E-state index is 0.0830. The van der Waals surface area contributed by atoms with Gasteiger partial charge < -0.3 is 4.74 Å². The van der Waals surface area contributed by atoms with Crippen LogP contribution in [0.3, 0.4) is 0 Å². The molecule has 0 aliphatic heterocycles.